The van der Waals surface area contributed by atoms with Gasteiger partial charge in [-0.2, -0.15) is 0 Å². The maximum atomic E-state index is 13.1. The van der Waals surface area contributed by atoms with E-state index in [9.17, 15) is 9.18 Å². The average molecular weight is 297 g/mol. The molecule has 0 spiro atoms. The highest BCUT2D eigenvalue weighted by molar-refractivity contribution is 6.31. The molecule has 3 nitrogen and oxygen atoms in total. The lowest BCUT2D eigenvalue weighted by molar-refractivity contribution is -0.117. The molecule has 0 aromatic heterocycles. The number of benzene rings is 1. The van der Waals surface area contributed by atoms with Gasteiger partial charge in [0.2, 0.25) is 5.91 Å². The van der Waals surface area contributed by atoms with Gasteiger partial charge in [0.05, 0.1) is 11.1 Å². The number of amides is 1. The van der Waals surface area contributed by atoms with Gasteiger partial charge >= 0.3 is 0 Å². The third kappa shape index (κ3) is 2.81. The summed E-state index contributed by atoms with van der Waals surface area (Å²) in [6.45, 7) is 0. The molecule has 3 rings (SSSR count). The van der Waals surface area contributed by atoms with Crippen molar-refractivity contribution in [2.75, 3.05) is 5.32 Å². The van der Waals surface area contributed by atoms with Gasteiger partial charge < -0.3 is 10.6 Å². The Kier molecular flexibility index (Phi) is 3.94. The molecular weight excluding hydrogens is 279 g/mol. The van der Waals surface area contributed by atoms with Crippen molar-refractivity contribution in [3.05, 3.63) is 29.0 Å². The molecule has 108 valence electrons. The fraction of sp³-hybridized carbons (Fsp3) is 0.533. The Morgan fingerprint density at radius 3 is 2.90 bits per heavy atom. The van der Waals surface area contributed by atoms with E-state index >= 15 is 0 Å². The first-order valence-corrected chi connectivity index (χ1v) is 7.53. The fourth-order valence-electron chi connectivity index (χ4n) is 3.32. The first-order valence-electron chi connectivity index (χ1n) is 7.15. The number of halogens is 2. The number of carbonyl (C=O) groups excluding carboxylic acids is 1. The first kappa shape index (κ1) is 13.8. The Balaban J connectivity index is 1.63. The molecule has 0 bridgehead atoms. The van der Waals surface area contributed by atoms with Crippen molar-refractivity contribution in [3.8, 4) is 0 Å². The van der Waals surface area contributed by atoms with Gasteiger partial charge in [0.15, 0.2) is 0 Å². The number of carbonyl (C=O) groups is 1. The largest absolute Gasteiger partial charge is 0.325 e. The Hall–Kier alpha value is -1.13. The Morgan fingerprint density at radius 1 is 1.35 bits per heavy atom. The van der Waals surface area contributed by atoms with E-state index in [1.54, 1.807) is 0 Å². The van der Waals surface area contributed by atoms with Gasteiger partial charge in [-0.3, -0.25) is 4.79 Å². The lowest BCUT2D eigenvalue weighted by Gasteiger charge is -2.24. The molecule has 3 unspecified atom stereocenters. The van der Waals surface area contributed by atoms with Crippen molar-refractivity contribution in [1.29, 1.82) is 0 Å². The topological polar surface area (TPSA) is 41.1 Å². The van der Waals surface area contributed by atoms with E-state index in [1.807, 2.05) is 0 Å². The normalized spacial score (nSPS) is 29.0. The lowest BCUT2D eigenvalue weighted by atomic mass is 9.85. The van der Waals surface area contributed by atoms with Gasteiger partial charge in [-0.25, -0.2) is 4.39 Å². The summed E-state index contributed by atoms with van der Waals surface area (Å²) in [5.74, 6) is 0.0908. The van der Waals surface area contributed by atoms with Gasteiger partial charge in [-0.1, -0.05) is 24.4 Å². The average Bonchev–Trinajstić information content (AvgIpc) is 2.87. The highest BCUT2D eigenvalue weighted by Crippen LogP contribution is 2.33. The third-order valence-electron chi connectivity index (χ3n) is 4.37. The van der Waals surface area contributed by atoms with Crippen molar-refractivity contribution >= 4 is 23.2 Å². The van der Waals surface area contributed by atoms with Crippen LogP contribution in [-0.4, -0.2) is 18.0 Å². The van der Waals surface area contributed by atoms with Crippen LogP contribution in [0.3, 0.4) is 0 Å². The van der Waals surface area contributed by atoms with Crippen LogP contribution in [-0.2, 0) is 4.79 Å². The number of hydrogen-bond donors (Lipinski definition) is 2. The summed E-state index contributed by atoms with van der Waals surface area (Å²) >= 11 is 5.71. The second-order valence-electron chi connectivity index (χ2n) is 5.72. The van der Waals surface area contributed by atoms with Crippen molar-refractivity contribution in [1.82, 2.24) is 5.32 Å². The van der Waals surface area contributed by atoms with E-state index in [0.717, 1.165) is 12.8 Å². The maximum absolute atomic E-state index is 13.1. The minimum atomic E-state index is -0.477. The molecule has 1 amide bonds. The highest BCUT2D eigenvalue weighted by Gasteiger charge is 2.38. The highest BCUT2D eigenvalue weighted by atomic mass is 35.5. The van der Waals surface area contributed by atoms with Gasteiger partial charge in [-0.15, -0.1) is 0 Å². The number of hydrogen-bond acceptors (Lipinski definition) is 2. The molecule has 1 aliphatic heterocycles. The van der Waals surface area contributed by atoms with Gasteiger partial charge in [-0.05, 0) is 43.4 Å². The quantitative estimate of drug-likeness (QED) is 0.879. The number of rotatable bonds is 2. The van der Waals surface area contributed by atoms with Gasteiger partial charge in [0.25, 0.3) is 0 Å². The fourth-order valence-corrected chi connectivity index (χ4v) is 3.50. The molecule has 1 aliphatic carbocycles. The van der Waals surface area contributed by atoms with E-state index in [4.69, 9.17) is 11.6 Å². The number of fused-ring (bicyclic) bond motifs is 1. The van der Waals surface area contributed by atoms with Crippen molar-refractivity contribution < 1.29 is 9.18 Å². The second-order valence-corrected chi connectivity index (χ2v) is 6.13. The molecule has 2 N–H and O–H groups in total. The lowest BCUT2D eigenvalue weighted by Crippen LogP contribution is -2.39. The van der Waals surface area contributed by atoms with Crippen LogP contribution in [0.2, 0.25) is 5.02 Å². The molecule has 2 aliphatic rings. The Labute approximate surface area is 122 Å². The molecule has 3 atom stereocenters. The summed E-state index contributed by atoms with van der Waals surface area (Å²) in [7, 11) is 0. The summed E-state index contributed by atoms with van der Waals surface area (Å²) in [4.78, 5) is 12.2. The van der Waals surface area contributed by atoms with Crippen molar-refractivity contribution in [2.24, 2.45) is 5.92 Å². The van der Waals surface area contributed by atoms with E-state index in [1.165, 1.54) is 37.5 Å². The summed E-state index contributed by atoms with van der Waals surface area (Å²) in [6, 6.07) is 4.57. The van der Waals surface area contributed by atoms with Crippen LogP contribution < -0.4 is 10.6 Å². The van der Waals surface area contributed by atoms with E-state index in [0.29, 0.717) is 17.6 Å². The van der Waals surface area contributed by atoms with Crippen LogP contribution >= 0.6 is 11.6 Å². The molecule has 5 heteroatoms. The van der Waals surface area contributed by atoms with Crippen molar-refractivity contribution in [3.63, 3.8) is 0 Å². The van der Waals surface area contributed by atoms with E-state index < -0.39 is 5.82 Å². The summed E-state index contributed by atoms with van der Waals surface area (Å²) < 4.78 is 13.1. The molecule has 0 radical (unpaired) electrons. The summed E-state index contributed by atoms with van der Waals surface area (Å²) in [5, 5.41) is 6.25. The minimum Gasteiger partial charge on any atom is -0.325 e. The monoisotopic (exact) mass is 296 g/mol. The molecule has 20 heavy (non-hydrogen) atoms. The Bertz CT molecular complexity index is 509. The van der Waals surface area contributed by atoms with Gasteiger partial charge in [0.1, 0.15) is 5.82 Å². The van der Waals surface area contributed by atoms with Crippen LogP contribution in [0.5, 0.6) is 0 Å². The predicted molar refractivity (Wildman–Crippen MR) is 77.3 cm³/mol. The summed E-state index contributed by atoms with van der Waals surface area (Å²) in [6.07, 6.45) is 5.78. The summed E-state index contributed by atoms with van der Waals surface area (Å²) in [5.41, 5.74) is 0.540. The zero-order valence-corrected chi connectivity index (χ0v) is 11.9. The van der Waals surface area contributed by atoms with Crippen LogP contribution in [0.25, 0.3) is 0 Å². The molecule has 1 aromatic rings. The Morgan fingerprint density at radius 2 is 2.15 bits per heavy atom. The molecular formula is C15H18ClFN2O. The van der Waals surface area contributed by atoms with E-state index in [2.05, 4.69) is 10.6 Å². The second kappa shape index (κ2) is 5.70. The zero-order chi connectivity index (χ0) is 14.1. The maximum Gasteiger partial charge on any atom is 0.241 e. The number of anilines is 1. The van der Waals surface area contributed by atoms with Crippen LogP contribution in [0.4, 0.5) is 10.1 Å². The van der Waals surface area contributed by atoms with Crippen LogP contribution in [0.15, 0.2) is 18.2 Å². The standard InChI is InChI=1S/C15H18ClFN2O/c16-11-8-10(5-6-12(11)17)18-15(20)14-7-9-3-1-2-4-13(9)19-14/h5-6,8-9,13-14,19H,1-4,7H2,(H,18,20). The molecule has 1 saturated heterocycles. The first-order chi connectivity index (χ1) is 9.63. The molecule has 2 fully saturated rings. The van der Waals surface area contributed by atoms with Crippen LogP contribution in [0.1, 0.15) is 32.1 Å². The van der Waals surface area contributed by atoms with E-state index in [-0.39, 0.29) is 17.0 Å². The van der Waals surface area contributed by atoms with Crippen molar-refractivity contribution in [2.45, 2.75) is 44.2 Å². The predicted octanol–water partition coefficient (Wildman–Crippen LogP) is 3.34. The third-order valence-corrected chi connectivity index (χ3v) is 4.66. The molecule has 1 aromatic carbocycles. The van der Waals surface area contributed by atoms with Crippen LogP contribution in [0, 0.1) is 11.7 Å². The smallest absolute Gasteiger partial charge is 0.241 e. The minimum absolute atomic E-state index is 0.0239. The number of nitrogens with one attached hydrogen (secondary N) is 2. The SMILES string of the molecule is O=C(Nc1ccc(F)c(Cl)c1)C1CC2CCCCC2N1. The van der Waals surface area contributed by atoms with Gasteiger partial charge in [0, 0.05) is 11.7 Å². The molecule has 1 saturated carbocycles. The molecule has 1 heterocycles. The zero-order valence-electron chi connectivity index (χ0n) is 11.2.